The second kappa shape index (κ2) is 5.61. The fraction of sp³-hybridized carbons (Fsp3) is 0.375. The third-order valence-electron chi connectivity index (χ3n) is 4.08. The summed E-state index contributed by atoms with van der Waals surface area (Å²) in [6.07, 6.45) is -0.433. The number of carbonyl (C=O) groups is 1. The molecule has 3 rings (SSSR count). The summed E-state index contributed by atoms with van der Waals surface area (Å²) in [5.74, 6) is -4.52. The maximum Gasteiger partial charge on any atom is 0.272 e. The summed E-state index contributed by atoms with van der Waals surface area (Å²) >= 11 is 0. The number of benzene rings is 1. The highest BCUT2D eigenvalue weighted by molar-refractivity contribution is 5.95. The first-order valence-corrected chi connectivity index (χ1v) is 7.15. The zero-order valence-electron chi connectivity index (χ0n) is 11.9. The van der Waals surface area contributed by atoms with Gasteiger partial charge in [-0.1, -0.05) is 24.3 Å². The number of alkyl halides is 2. The zero-order chi connectivity index (χ0) is 15.7. The minimum atomic E-state index is -2.93. The van der Waals surface area contributed by atoms with Crippen molar-refractivity contribution in [3.8, 4) is 0 Å². The Labute approximate surface area is 126 Å². The van der Waals surface area contributed by atoms with Crippen LogP contribution in [0.2, 0.25) is 0 Å². The number of halogens is 2. The topological polar surface area (TPSA) is 53.4 Å². The quantitative estimate of drug-likeness (QED) is 0.926. The van der Waals surface area contributed by atoms with E-state index in [1.807, 2.05) is 18.2 Å². The molecule has 0 bridgehead atoms. The van der Waals surface area contributed by atoms with Crippen LogP contribution < -0.4 is 0 Å². The lowest BCUT2D eigenvalue weighted by molar-refractivity contribution is -0.113. The molecular formula is C16H16F2N2O2. The number of carbonyl (C=O) groups excluding carboxylic acids is 1. The van der Waals surface area contributed by atoms with Gasteiger partial charge in [-0.05, 0) is 12.1 Å². The van der Waals surface area contributed by atoms with Gasteiger partial charge in [0.05, 0.1) is 18.0 Å². The molecule has 0 spiro atoms. The largest absolute Gasteiger partial charge is 0.396 e. The molecular weight excluding hydrogens is 290 g/mol. The molecule has 0 saturated carbocycles. The van der Waals surface area contributed by atoms with E-state index >= 15 is 0 Å². The monoisotopic (exact) mass is 306 g/mol. The van der Waals surface area contributed by atoms with E-state index in [0.717, 1.165) is 5.39 Å². The summed E-state index contributed by atoms with van der Waals surface area (Å²) in [5, 5.41) is 10.0. The molecule has 1 aromatic heterocycles. The SMILES string of the molecule is O=C(c1ccc2ccccc2n1)N1CCC(F)(F)C(CO)C1. The highest BCUT2D eigenvalue weighted by Gasteiger charge is 2.44. The number of aliphatic hydroxyl groups excluding tert-OH is 1. The van der Waals surface area contributed by atoms with Crippen molar-refractivity contribution >= 4 is 16.8 Å². The van der Waals surface area contributed by atoms with Gasteiger partial charge in [0.15, 0.2) is 0 Å². The number of para-hydroxylation sites is 1. The van der Waals surface area contributed by atoms with Gasteiger partial charge in [-0.3, -0.25) is 4.79 Å². The van der Waals surface area contributed by atoms with Gasteiger partial charge < -0.3 is 10.0 Å². The van der Waals surface area contributed by atoms with E-state index in [1.165, 1.54) is 4.90 Å². The number of piperidine rings is 1. The van der Waals surface area contributed by atoms with Gasteiger partial charge in [0.25, 0.3) is 11.8 Å². The van der Waals surface area contributed by atoms with Crippen molar-refractivity contribution in [1.29, 1.82) is 0 Å². The number of nitrogens with zero attached hydrogens (tertiary/aromatic N) is 2. The van der Waals surface area contributed by atoms with Crippen molar-refractivity contribution in [1.82, 2.24) is 9.88 Å². The first-order chi connectivity index (χ1) is 10.5. The van der Waals surface area contributed by atoms with Crippen molar-refractivity contribution in [2.75, 3.05) is 19.7 Å². The third kappa shape index (κ3) is 2.66. The van der Waals surface area contributed by atoms with Crippen LogP contribution in [0.15, 0.2) is 36.4 Å². The molecule has 1 fully saturated rings. The Balaban J connectivity index is 1.83. The molecule has 6 heteroatoms. The number of amides is 1. The molecule has 1 aliphatic heterocycles. The van der Waals surface area contributed by atoms with E-state index < -0.39 is 24.9 Å². The molecule has 1 N–H and O–H groups in total. The van der Waals surface area contributed by atoms with Gasteiger partial charge in [-0.25, -0.2) is 13.8 Å². The molecule has 116 valence electrons. The van der Waals surface area contributed by atoms with Gasteiger partial charge in [-0.15, -0.1) is 0 Å². The van der Waals surface area contributed by atoms with Crippen molar-refractivity contribution < 1.29 is 18.7 Å². The average molecular weight is 306 g/mol. The van der Waals surface area contributed by atoms with Crippen LogP contribution in [-0.4, -0.2) is 46.5 Å². The highest BCUT2D eigenvalue weighted by Crippen LogP contribution is 2.33. The number of hydrogen-bond acceptors (Lipinski definition) is 3. The summed E-state index contributed by atoms with van der Waals surface area (Å²) in [7, 11) is 0. The Morgan fingerprint density at radius 3 is 2.86 bits per heavy atom. The van der Waals surface area contributed by atoms with Gasteiger partial charge in [0, 0.05) is 24.9 Å². The van der Waals surface area contributed by atoms with Crippen LogP contribution in [0.5, 0.6) is 0 Å². The predicted octanol–water partition coefficient (Wildman–Crippen LogP) is 2.32. The Morgan fingerprint density at radius 2 is 2.09 bits per heavy atom. The summed E-state index contributed by atoms with van der Waals surface area (Å²) in [4.78, 5) is 18.1. The average Bonchev–Trinajstić information content (AvgIpc) is 2.53. The van der Waals surface area contributed by atoms with Crippen molar-refractivity contribution in [3.63, 3.8) is 0 Å². The van der Waals surface area contributed by atoms with Crippen LogP contribution in [0.25, 0.3) is 10.9 Å². The Morgan fingerprint density at radius 1 is 1.32 bits per heavy atom. The van der Waals surface area contributed by atoms with Crippen LogP contribution in [-0.2, 0) is 0 Å². The van der Waals surface area contributed by atoms with E-state index in [2.05, 4.69) is 4.98 Å². The van der Waals surface area contributed by atoms with Crippen molar-refractivity contribution in [2.24, 2.45) is 5.92 Å². The normalized spacial score (nSPS) is 21.0. The number of aliphatic hydroxyl groups is 1. The fourth-order valence-corrected chi connectivity index (χ4v) is 2.70. The molecule has 1 saturated heterocycles. The van der Waals surface area contributed by atoms with E-state index in [1.54, 1.807) is 18.2 Å². The summed E-state index contributed by atoms with van der Waals surface area (Å²) in [5.41, 5.74) is 0.926. The number of hydrogen-bond donors (Lipinski definition) is 1. The van der Waals surface area contributed by atoms with Gasteiger partial charge in [0.2, 0.25) is 0 Å². The molecule has 2 heterocycles. The third-order valence-corrected chi connectivity index (χ3v) is 4.08. The molecule has 22 heavy (non-hydrogen) atoms. The van der Waals surface area contributed by atoms with Gasteiger partial charge in [-0.2, -0.15) is 0 Å². The molecule has 4 nitrogen and oxygen atoms in total. The highest BCUT2D eigenvalue weighted by atomic mass is 19.3. The summed E-state index contributed by atoms with van der Waals surface area (Å²) in [6, 6.07) is 10.8. The second-order valence-electron chi connectivity index (χ2n) is 5.53. The summed E-state index contributed by atoms with van der Waals surface area (Å²) < 4.78 is 27.2. The molecule has 1 atom stereocenters. The molecule has 2 aromatic rings. The minimum absolute atomic E-state index is 0.0309. The Hall–Kier alpha value is -2.08. The maximum absolute atomic E-state index is 13.6. The number of likely N-dealkylation sites (tertiary alicyclic amines) is 1. The first-order valence-electron chi connectivity index (χ1n) is 7.15. The molecule has 1 unspecified atom stereocenters. The molecule has 1 aromatic carbocycles. The van der Waals surface area contributed by atoms with Gasteiger partial charge >= 0.3 is 0 Å². The van der Waals surface area contributed by atoms with Crippen molar-refractivity contribution in [3.05, 3.63) is 42.1 Å². The van der Waals surface area contributed by atoms with Crippen LogP contribution in [0.4, 0.5) is 8.78 Å². The van der Waals surface area contributed by atoms with Crippen LogP contribution >= 0.6 is 0 Å². The predicted molar refractivity (Wildman–Crippen MR) is 77.8 cm³/mol. The van der Waals surface area contributed by atoms with Crippen LogP contribution in [0, 0.1) is 5.92 Å². The van der Waals surface area contributed by atoms with E-state index in [4.69, 9.17) is 5.11 Å². The van der Waals surface area contributed by atoms with E-state index in [9.17, 15) is 13.6 Å². The first kappa shape index (κ1) is 14.8. The zero-order valence-corrected chi connectivity index (χ0v) is 11.9. The standard InChI is InChI=1S/C16H16F2N2O2/c17-16(18)7-8-20(9-12(16)10-21)15(22)14-6-5-11-3-1-2-4-13(11)19-14/h1-6,12,21H,7-10H2. The lowest BCUT2D eigenvalue weighted by Crippen LogP contribution is -2.50. The minimum Gasteiger partial charge on any atom is -0.396 e. The van der Waals surface area contributed by atoms with E-state index in [0.29, 0.717) is 5.52 Å². The Kier molecular flexibility index (Phi) is 3.78. The number of fused-ring (bicyclic) bond motifs is 1. The Bertz CT molecular complexity index is 705. The number of aromatic nitrogens is 1. The van der Waals surface area contributed by atoms with E-state index in [-0.39, 0.29) is 24.7 Å². The lowest BCUT2D eigenvalue weighted by Gasteiger charge is -2.37. The fourth-order valence-electron chi connectivity index (χ4n) is 2.70. The van der Waals surface area contributed by atoms with Crippen molar-refractivity contribution in [2.45, 2.75) is 12.3 Å². The number of rotatable bonds is 2. The number of pyridine rings is 1. The summed E-state index contributed by atoms with van der Waals surface area (Å²) in [6.45, 7) is -0.824. The maximum atomic E-state index is 13.6. The second-order valence-corrected chi connectivity index (χ2v) is 5.53. The van der Waals surface area contributed by atoms with Gasteiger partial charge in [0.1, 0.15) is 5.69 Å². The molecule has 1 amide bonds. The molecule has 0 aliphatic carbocycles. The molecule has 1 aliphatic rings. The van der Waals surface area contributed by atoms with Crippen LogP contribution in [0.1, 0.15) is 16.9 Å². The molecule has 0 radical (unpaired) electrons. The lowest BCUT2D eigenvalue weighted by atomic mass is 9.94. The van der Waals surface area contributed by atoms with Crippen LogP contribution in [0.3, 0.4) is 0 Å². The smallest absolute Gasteiger partial charge is 0.272 e.